The third-order valence-corrected chi connectivity index (χ3v) is 3.16. The Kier molecular flexibility index (Phi) is 3.05. The van der Waals surface area contributed by atoms with Crippen molar-refractivity contribution >= 4 is 32.4 Å². The molecule has 0 radical (unpaired) electrons. The summed E-state index contributed by atoms with van der Waals surface area (Å²) in [5.41, 5.74) is 6.72. The summed E-state index contributed by atoms with van der Waals surface area (Å²) in [6.07, 6.45) is 6.82. The van der Waals surface area contributed by atoms with Gasteiger partial charge in [0.15, 0.2) is 5.75 Å². The van der Waals surface area contributed by atoms with Crippen molar-refractivity contribution in [3.63, 3.8) is 0 Å². The molecule has 5 heteroatoms. The molecular formula is C14H10BrN3O. The number of hydrogen-bond acceptors (Lipinski definition) is 4. The Hall–Kier alpha value is -2.14. The molecule has 0 atom stereocenters. The maximum atomic E-state index is 6.12. The molecule has 0 aliphatic heterocycles. The Morgan fingerprint density at radius 1 is 1.05 bits per heavy atom. The average molecular weight is 316 g/mol. The van der Waals surface area contributed by atoms with Crippen molar-refractivity contribution in [2.45, 2.75) is 0 Å². The van der Waals surface area contributed by atoms with Crippen LogP contribution in [0.15, 0.2) is 53.5 Å². The van der Waals surface area contributed by atoms with Gasteiger partial charge in [0, 0.05) is 33.8 Å². The van der Waals surface area contributed by atoms with Crippen LogP contribution in [0.4, 0.5) is 5.69 Å². The Bertz CT molecular complexity index is 746. The smallest absolute Gasteiger partial charge is 0.151 e. The number of fused-ring (bicyclic) bond motifs is 1. The van der Waals surface area contributed by atoms with Crippen LogP contribution in [0.2, 0.25) is 0 Å². The van der Waals surface area contributed by atoms with Crippen molar-refractivity contribution in [2.75, 3.05) is 5.73 Å². The summed E-state index contributed by atoms with van der Waals surface area (Å²) in [6, 6.07) is 7.47. The normalized spacial score (nSPS) is 10.6. The molecule has 19 heavy (non-hydrogen) atoms. The SMILES string of the molecule is Nc1c(Oc2cncc(Br)c2)ccc2cnccc12. The average Bonchev–Trinajstić information content (AvgIpc) is 2.42. The van der Waals surface area contributed by atoms with Gasteiger partial charge in [-0.05, 0) is 40.2 Å². The second-order valence-corrected chi connectivity index (χ2v) is 4.93. The van der Waals surface area contributed by atoms with Gasteiger partial charge >= 0.3 is 0 Å². The number of hydrogen-bond donors (Lipinski definition) is 1. The highest BCUT2D eigenvalue weighted by molar-refractivity contribution is 9.10. The summed E-state index contributed by atoms with van der Waals surface area (Å²) in [5, 5.41) is 1.91. The summed E-state index contributed by atoms with van der Waals surface area (Å²) in [7, 11) is 0. The number of rotatable bonds is 2. The Balaban J connectivity index is 2.04. The van der Waals surface area contributed by atoms with E-state index in [-0.39, 0.29) is 0 Å². The molecule has 3 rings (SSSR count). The standard InChI is InChI=1S/C14H10BrN3O/c15-10-5-11(8-18-7-10)19-13-2-1-9-6-17-4-3-12(9)14(13)16/h1-8H,16H2. The van der Waals surface area contributed by atoms with E-state index in [1.807, 2.05) is 24.3 Å². The van der Waals surface area contributed by atoms with Gasteiger partial charge < -0.3 is 10.5 Å². The molecule has 2 heterocycles. The van der Waals surface area contributed by atoms with E-state index in [0.29, 0.717) is 17.2 Å². The molecule has 0 amide bonds. The number of anilines is 1. The number of halogens is 1. The van der Waals surface area contributed by atoms with Crippen LogP contribution < -0.4 is 10.5 Å². The highest BCUT2D eigenvalue weighted by Crippen LogP contribution is 2.33. The molecule has 3 aromatic rings. The molecular weight excluding hydrogens is 306 g/mol. The van der Waals surface area contributed by atoms with E-state index >= 15 is 0 Å². The Morgan fingerprint density at radius 3 is 2.79 bits per heavy atom. The first-order valence-corrected chi connectivity index (χ1v) is 6.44. The highest BCUT2D eigenvalue weighted by Gasteiger charge is 2.07. The third-order valence-electron chi connectivity index (χ3n) is 2.73. The maximum absolute atomic E-state index is 6.12. The molecule has 0 saturated carbocycles. The van der Waals surface area contributed by atoms with E-state index in [0.717, 1.165) is 15.2 Å². The van der Waals surface area contributed by atoms with E-state index in [1.54, 1.807) is 24.8 Å². The van der Waals surface area contributed by atoms with Gasteiger partial charge in [-0.25, -0.2) is 0 Å². The van der Waals surface area contributed by atoms with E-state index in [1.165, 1.54) is 0 Å². The number of benzene rings is 1. The van der Waals surface area contributed by atoms with Crippen LogP contribution in [0.25, 0.3) is 10.8 Å². The zero-order valence-corrected chi connectivity index (χ0v) is 11.5. The first-order chi connectivity index (χ1) is 9.24. The fourth-order valence-electron chi connectivity index (χ4n) is 1.84. The number of nitrogens with two attached hydrogens (primary N) is 1. The van der Waals surface area contributed by atoms with Gasteiger partial charge in [0.1, 0.15) is 5.75 Å². The van der Waals surface area contributed by atoms with Crippen molar-refractivity contribution in [3.05, 3.63) is 53.5 Å². The van der Waals surface area contributed by atoms with Gasteiger partial charge in [0.05, 0.1) is 11.9 Å². The minimum atomic E-state index is 0.597. The first-order valence-electron chi connectivity index (χ1n) is 5.64. The van der Waals surface area contributed by atoms with E-state index < -0.39 is 0 Å². The van der Waals surface area contributed by atoms with E-state index in [4.69, 9.17) is 10.5 Å². The summed E-state index contributed by atoms with van der Waals surface area (Å²) < 4.78 is 6.62. The monoisotopic (exact) mass is 315 g/mol. The summed E-state index contributed by atoms with van der Waals surface area (Å²) in [4.78, 5) is 8.12. The molecule has 0 unspecified atom stereocenters. The summed E-state index contributed by atoms with van der Waals surface area (Å²) in [6.45, 7) is 0. The maximum Gasteiger partial charge on any atom is 0.151 e. The molecule has 0 fully saturated rings. The molecule has 0 aliphatic carbocycles. The Morgan fingerprint density at radius 2 is 1.95 bits per heavy atom. The van der Waals surface area contributed by atoms with Crippen LogP contribution in [0, 0.1) is 0 Å². The minimum Gasteiger partial charge on any atom is -0.454 e. The largest absolute Gasteiger partial charge is 0.454 e. The lowest BCUT2D eigenvalue weighted by Crippen LogP contribution is -1.94. The number of nitrogen functional groups attached to an aromatic ring is 1. The van der Waals surface area contributed by atoms with Gasteiger partial charge in [-0.1, -0.05) is 0 Å². The summed E-state index contributed by atoms with van der Waals surface area (Å²) in [5.74, 6) is 1.24. The lowest BCUT2D eigenvalue weighted by molar-refractivity contribution is 0.483. The lowest BCUT2D eigenvalue weighted by atomic mass is 10.1. The predicted molar refractivity (Wildman–Crippen MR) is 78.2 cm³/mol. The van der Waals surface area contributed by atoms with Crippen LogP contribution >= 0.6 is 15.9 Å². The van der Waals surface area contributed by atoms with Gasteiger partial charge in [-0.3, -0.25) is 9.97 Å². The predicted octanol–water partition coefficient (Wildman–Crippen LogP) is 3.77. The van der Waals surface area contributed by atoms with Crippen LogP contribution in [-0.4, -0.2) is 9.97 Å². The van der Waals surface area contributed by atoms with Crippen molar-refractivity contribution in [1.82, 2.24) is 9.97 Å². The van der Waals surface area contributed by atoms with Crippen LogP contribution in [0.1, 0.15) is 0 Å². The molecule has 4 nitrogen and oxygen atoms in total. The van der Waals surface area contributed by atoms with E-state index in [9.17, 15) is 0 Å². The van der Waals surface area contributed by atoms with Crippen LogP contribution in [0.3, 0.4) is 0 Å². The highest BCUT2D eigenvalue weighted by atomic mass is 79.9. The molecule has 0 bridgehead atoms. The number of nitrogens with zero attached hydrogens (tertiary/aromatic N) is 2. The fourth-order valence-corrected chi connectivity index (χ4v) is 2.18. The first kappa shape index (κ1) is 11.9. The van der Waals surface area contributed by atoms with Gasteiger partial charge in [-0.2, -0.15) is 0 Å². The topological polar surface area (TPSA) is 61.0 Å². The molecule has 1 aromatic carbocycles. The quantitative estimate of drug-likeness (QED) is 0.731. The number of pyridine rings is 2. The molecule has 0 spiro atoms. The van der Waals surface area contributed by atoms with Gasteiger partial charge in [0.2, 0.25) is 0 Å². The molecule has 2 aromatic heterocycles. The number of aromatic nitrogens is 2. The lowest BCUT2D eigenvalue weighted by Gasteiger charge is -2.10. The molecule has 2 N–H and O–H groups in total. The van der Waals surface area contributed by atoms with Gasteiger partial charge in [-0.15, -0.1) is 0 Å². The fraction of sp³-hybridized carbons (Fsp3) is 0. The van der Waals surface area contributed by atoms with E-state index in [2.05, 4.69) is 25.9 Å². The third kappa shape index (κ3) is 2.37. The molecule has 94 valence electrons. The minimum absolute atomic E-state index is 0.597. The summed E-state index contributed by atoms with van der Waals surface area (Å²) >= 11 is 3.35. The van der Waals surface area contributed by atoms with Gasteiger partial charge in [0.25, 0.3) is 0 Å². The van der Waals surface area contributed by atoms with Crippen molar-refractivity contribution in [3.8, 4) is 11.5 Å². The zero-order valence-electron chi connectivity index (χ0n) is 9.88. The Labute approximate surface area is 118 Å². The molecule has 0 saturated heterocycles. The molecule has 0 aliphatic rings. The second-order valence-electron chi connectivity index (χ2n) is 4.02. The van der Waals surface area contributed by atoms with Crippen molar-refractivity contribution in [1.29, 1.82) is 0 Å². The second kappa shape index (κ2) is 4.85. The van der Waals surface area contributed by atoms with Crippen LogP contribution in [-0.2, 0) is 0 Å². The van der Waals surface area contributed by atoms with Crippen molar-refractivity contribution in [2.24, 2.45) is 0 Å². The zero-order chi connectivity index (χ0) is 13.2. The van der Waals surface area contributed by atoms with Crippen molar-refractivity contribution < 1.29 is 4.74 Å². The number of ether oxygens (including phenoxy) is 1. The van der Waals surface area contributed by atoms with Crippen LogP contribution in [0.5, 0.6) is 11.5 Å².